The van der Waals surface area contributed by atoms with Gasteiger partial charge in [0.05, 0.1) is 19.1 Å². The minimum absolute atomic E-state index is 0.0262. The Morgan fingerprint density at radius 3 is 2.04 bits per heavy atom. The summed E-state index contributed by atoms with van der Waals surface area (Å²) in [6.07, 6.45) is -5.44. The van der Waals surface area contributed by atoms with Gasteiger partial charge in [0.15, 0.2) is 0 Å². The summed E-state index contributed by atoms with van der Waals surface area (Å²) in [6, 6.07) is 12.0. The Hall–Kier alpha value is -3.32. The van der Waals surface area contributed by atoms with Crippen molar-refractivity contribution in [1.82, 2.24) is 0 Å². The molecular formula is C34H41F9O5. The van der Waals surface area contributed by atoms with Gasteiger partial charge in [-0.25, -0.2) is 0 Å². The molecule has 3 atom stereocenters. The molecule has 2 aromatic rings. The fraction of sp³-hybridized carbons (Fsp3) is 0.618. The predicted molar refractivity (Wildman–Crippen MR) is 159 cm³/mol. The zero-order chi connectivity index (χ0) is 36.0. The normalized spacial score (nSPS) is 19.4. The van der Waals surface area contributed by atoms with Crippen molar-refractivity contribution in [2.75, 3.05) is 13.2 Å². The topological polar surface area (TPSA) is 76.0 Å². The van der Waals surface area contributed by atoms with Gasteiger partial charge in [0.2, 0.25) is 0 Å². The molecule has 1 aliphatic rings. The maximum atomic E-state index is 14.1. The lowest BCUT2D eigenvalue weighted by molar-refractivity contribution is -0.396. The zero-order valence-corrected chi connectivity index (χ0v) is 26.7. The van der Waals surface area contributed by atoms with E-state index in [4.69, 9.17) is 9.47 Å². The summed E-state index contributed by atoms with van der Waals surface area (Å²) < 4.78 is 130. The van der Waals surface area contributed by atoms with Gasteiger partial charge in [-0.2, -0.15) is 39.5 Å². The van der Waals surface area contributed by atoms with E-state index in [2.05, 4.69) is 6.92 Å². The first-order valence-electron chi connectivity index (χ1n) is 15.9. The highest BCUT2D eigenvalue weighted by Crippen LogP contribution is 2.55. The van der Waals surface area contributed by atoms with Crippen LogP contribution in [0.3, 0.4) is 0 Å². The number of alkyl halides is 9. The van der Waals surface area contributed by atoms with Crippen molar-refractivity contribution in [1.29, 1.82) is 0 Å². The highest BCUT2D eigenvalue weighted by atomic mass is 19.4. The standard InChI is InChI=1S/C34H41F9O5/c1-3-47-29(46)22(18-19-31(35,36)32(37,38)33(39,40)34(41,42)43)10-8-6-4-5-7-9-11-27-26-17-16-25(45)20-28(26)48-21-30(27,2)23-12-14-24(44)15-13-23/h12-17,20,22,27,44-45H,3-11,18-19,21H2,1-2H3. The van der Waals surface area contributed by atoms with E-state index in [1.165, 1.54) is 6.92 Å². The van der Waals surface area contributed by atoms with E-state index >= 15 is 0 Å². The van der Waals surface area contributed by atoms with Crippen LogP contribution in [0.5, 0.6) is 17.2 Å². The molecule has 270 valence electrons. The predicted octanol–water partition coefficient (Wildman–Crippen LogP) is 10.1. The minimum atomic E-state index is -6.97. The van der Waals surface area contributed by atoms with Crippen LogP contribution in [0, 0.1) is 5.92 Å². The van der Waals surface area contributed by atoms with Gasteiger partial charge in [0.25, 0.3) is 0 Å². The quantitative estimate of drug-likeness (QED) is 0.0976. The molecule has 0 fully saturated rings. The van der Waals surface area contributed by atoms with Crippen molar-refractivity contribution in [2.24, 2.45) is 5.92 Å². The molecule has 0 radical (unpaired) electrons. The fourth-order valence-corrected chi connectivity index (χ4v) is 6.21. The van der Waals surface area contributed by atoms with Gasteiger partial charge in [0, 0.05) is 23.8 Å². The Labute approximate surface area is 273 Å². The molecule has 0 bridgehead atoms. The summed E-state index contributed by atoms with van der Waals surface area (Å²) in [4.78, 5) is 12.3. The van der Waals surface area contributed by atoms with Crippen LogP contribution < -0.4 is 4.74 Å². The second kappa shape index (κ2) is 15.5. The van der Waals surface area contributed by atoms with Crippen LogP contribution in [0.4, 0.5) is 39.5 Å². The second-order valence-corrected chi connectivity index (χ2v) is 12.6. The molecule has 1 heterocycles. The molecule has 0 saturated carbocycles. The van der Waals surface area contributed by atoms with Crippen molar-refractivity contribution in [3.8, 4) is 17.2 Å². The van der Waals surface area contributed by atoms with E-state index in [-0.39, 0.29) is 30.4 Å². The average molecular weight is 701 g/mol. The number of halogens is 9. The Balaban J connectivity index is 1.53. The number of esters is 1. The Morgan fingerprint density at radius 2 is 1.44 bits per heavy atom. The number of rotatable bonds is 17. The Bertz CT molecular complexity index is 1350. The van der Waals surface area contributed by atoms with Gasteiger partial charge in [-0.1, -0.05) is 63.6 Å². The third-order valence-electron chi connectivity index (χ3n) is 9.13. The van der Waals surface area contributed by atoms with Crippen molar-refractivity contribution in [2.45, 2.75) is 113 Å². The number of fused-ring (bicyclic) bond motifs is 1. The van der Waals surface area contributed by atoms with Gasteiger partial charge in [-0.15, -0.1) is 0 Å². The molecule has 0 aliphatic carbocycles. The number of unbranched alkanes of at least 4 members (excludes halogenated alkanes) is 5. The molecule has 14 heteroatoms. The lowest BCUT2D eigenvalue weighted by Gasteiger charge is -2.43. The van der Waals surface area contributed by atoms with E-state index in [1.807, 2.05) is 18.2 Å². The summed E-state index contributed by atoms with van der Waals surface area (Å²) in [5.74, 6) is -21.0. The molecule has 48 heavy (non-hydrogen) atoms. The number of hydrogen-bond acceptors (Lipinski definition) is 5. The van der Waals surface area contributed by atoms with Crippen molar-refractivity contribution >= 4 is 5.97 Å². The van der Waals surface area contributed by atoms with Gasteiger partial charge in [-0.3, -0.25) is 4.79 Å². The number of phenols is 2. The molecule has 1 aliphatic heterocycles. The lowest BCUT2D eigenvalue weighted by Crippen LogP contribution is -2.60. The van der Waals surface area contributed by atoms with E-state index in [9.17, 15) is 54.5 Å². The molecule has 2 N–H and O–H groups in total. The largest absolute Gasteiger partial charge is 0.508 e. The maximum absolute atomic E-state index is 14.1. The van der Waals surface area contributed by atoms with Crippen LogP contribution in [-0.2, 0) is 14.9 Å². The monoisotopic (exact) mass is 700 g/mol. The van der Waals surface area contributed by atoms with Crippen LogP contribution in [0.2, 0.25) is 0 Å². The summed E-state index contributed by atoms with van der Waals surface area (Å²) in [5, 5.41) is 19.7. The summed E-state index contributed by atoms with van der Waals surface area (Å²) in [6.45, 7) is 3.68. The lowest BCUT2D eigenvalue weighted by atomic mass is 9.66. The second-order valence-electron chi connectivity index (χ2n) is 12.6. The first-order chi connectivity index (χ1) is 22.3. The maximum Gasteiger partial charge on any atom is 0.460 e. The smallest absolute Gasteiger partial charge is 0.460 e. The van der Waals surface area contributed by atoms with Crippen molar-refractivity contribution in [3.63, 3.8) is 0 Å². The summed E-state index contributed by atoms with van der Waals surface area (Å²) in [7, 11) is 0. The number of carbonyl (C=O) groups excluding carboxylic acids is 1. The van der Waals surface area contributed by atoms with Crippen LogP contribution >= 0.6 is 0 Å². The first kappa shape index (κ1) is 39.1. The molecule has 3 rings (SSSR count). The molecule has 0 saturated heterocycles. The average Bonchev–Trinajstić information content (AvgIpc) is 3.00. The SMILES string of the molecule is CCOC(=O)C(CCCCCCCCC1c2ccc(O)cc2OCC1(C)c1ccc(O)cc1)CCC(F)(F)C(F)(F)C(F)(F)C(F)(F)F. The van der Waals surface area contributed by atoms with Crippen LogP contribution in [0.1, 0.15) is 95.1 Å². The highest BCUT2D eigenvalue weighted by Gasteiger charge is 2.81. The van der Waals surface area contributed by atoms with Gasteiger partial charge in [-0.05, 0) is 55.5 Å². The van der Waals surface area contributed by atoms with Gasteiger partial charge in [0.1, 0.15) is 17.2 Å². The molecule has 0 amide bonds. The molecular weight excluding hydrogens is 659 g/mol. The number of ether oxygens (including phenoxy) is 2. The number of aromatic hydroxyl groups is 2. The van der Waals surface area contributed by atoms with E-state index in [0.29, 0.717) is 31.6 Å². The Morgan fingerprint density at radius 1 is 0.854 bits per heavy atom. The van der Waals surface area contributed by atoms with E-state index in [1.54, 1.807) is 24.3 Å². The zero-order valence-electron chi connectivity index (χ0n) is 26.7. The molecule has 3 unspecified atom stereocenters. The Kier molecular flexibility index (Phi) is 12.6. The molecule has 0 aromatic heterocycles. The summed E-state index contributed by atoms with van der Waals surface area (Å²) >= 11 is 0. The first-order valence-corrected chi connectivity index (χ1v) is 15.9. The molecule has 2 aromatic carbocycles. The number of phenolic OH excluding ortho intramolecular Hbond substituents is 2. The third-order valence-corrected chi connectivity index (χ3v) is 9.13. The summed E-state index contributed by atoms with van der Waals surface area (Å²) in [5.41, 5.74) is 1.50. The van der Waals surface area contributed by atoms with Crippen LogP contribution in [0.25, 0.3) is 0 Å². The fourth-order valence-electron chi connectivity index (χ4n) is 6.21. The molecule has 0 spiro atoms. The van der Waals surface area contributed by atoms with Crippen molar-refractivity contribution < 1.29 is 64.0 Å². The van der Waals surface area contributed by atoms with Gasteiger partial charge < -0.3 is 19.7 Å². The van der Waals surface area contributed by atoms with Crippen LogP contribution in [0.15, 0.2) is 42.5 Å². The minimum Gasteiger partial charge on any atom is -0.508 e. The van der Waals surface area contributed by atoms with Gasteiger partial charge >= 0.3 is 29.9 Å². The van der Waals surface area contributed by atoms with Crippen LogP contribution in [-0.4, -0.2) is 53.3 Å². The van der Waals surface area contributed by atoms with Crippen molar-refractivity contribution in [3.05, 3.63) is 53.6 Å². The number of carbonyl (C=O) groups is 1. The highest BCUT2D eigenvalue weighted by molar-refractivity contribution is 5.72. The van der Waals surface area contributed by atoms with E-state index < -0.39 is 54.1 Å². The number of benzene rings is 2. The molecule has 5 nitrogen and oxygen atoms in total. The third kappa shape index (κ3) is 8.63. The van der Waals surface area contributed by atoms with E-state index in [0.717, 1.165) is 36.8 Å². The number of hydrogen-bond donors (Lipinski definition) is 2.